The van der Waals surface area contributed by atoms with Crippen LogP contribution in [0.2, 0.25) is 5.02 Å². The molecule has 0 amide bonds. The summed E-state index contributed by atoms with van der Waals surface area (Å²) in [7, 11) is 4.56. The first-order valence-corrected chi connectivity index (χ1v) is 11.0. The molecule has 0 aromatic heterocycles. The molecule has 0 aliphatic carbocycles. The number of halogens is 1. The van der Waals surface area contributed by atoms with Crippen molar-refractivity contribution in [3.05, 3.63) is 85.9 Å². The zero-order valence-corrected chi connectivity index (χ0v) is 19.8. The SMILES string of the molecule is COc1cc2c(cc1OC)[C@@H](c1cccc(Cl)c1)N(Cc1cc([N+](=O)[O-])cc(OC)c1O)CC2. The van der Waals surface area contributed by atoms with Crippen LogP contribution in [0.1, 0.15) is 28.3 Å². The van der Waals surface area contributed by atoms with Gasteiger partial charge in [0.05, 0.1) is 38.4 Å². The number of nitrogens with zero attached hydrogens (tertiary/aromatic N) is 2. The Morgan fingerprint density at radius 1 is 1.06 bits per heavy atom. The molecule has 1 aliphatic rings. The molecule has 0 saturated carbocycles. The van der Waals surface area contributed by atoms with Crippen LogP contribution in [0.5, 0.6) is 23.0 Å². The van der Waals surface area contributed by atoms with Crippen molar-refractivity contribution in [2.45, 2.75) is 19.0 Å². The summed E-state index contributed by atoms with van der Waals surface area (Å²) in [5.41, 5.74) is 3.34. The molecule has 0 radical (unpaired) electrons. The first kappa shape index (κ1) is 23.7. The Kier molecular flexibility index (Phi) is 6.81. The van der Waals surface area contributed by atoms with Crippen LogP contribution in [0.3, 0.4) is 0 Å². The fraction of sp³-hybridized carbons (Fsp3) is 0.280. The largest absolute Gasteiger partial charge is 0.504 e. The number of aromatic hydroxyl groups is 1. The number of nitro groups is 1. The van der Waals surface area contributed by atoms with Gasteiger partial charge in [-0.25, -0.2) is 0 Å². The quantitative estimate of drug-likeness (QED) is 0.367. The van der Waals surface area contributed by atoms with Crippen LogP contribution in [0.15, 0.2) is 48.5 Å². The highest BCUT2D eigenvalue weighted by Crippen LogP contribution is 2.43. The van der Waals surface area contributed by atoms with Gasteiger partial charge in [0, 0.05) is 29.7 Å². The van der Waals surface area contributed by atoms with Gasteiger partial charge in [0.1, 0.15) is 0 Å². The topological polar surface area (TPSA) is 94.3 Å². The van der Waals surface area contributed by atoms with Gasteiger partial charge in [-0.05, 0) is 47.4 Å². The highest BCUT2D eigenvalue weighted by Gasteiger charge is 2.32. The first-order chi connectivity index (χ1) is 16.4. The number of phenolic OH excluding ortho intramolecular Hbond substituents is 1. The number of rotatable bonds is 7. The second kappa shape index (κ2) is 9.79. The van der Waals surface area contributed by atoms with E-state index in [4.69, 9.17) is 25.8 Å². The summed E-state index contributed by atoms with van der Waals surface area (Å²) in [6.07, 6.45) is 0.722. The van der Waals surface area contributed by atoms with Gasteiger partial charge < -0.3 is 19.3 Å². The number of nitro benzene ring substituents is 1. The maximum absolute atomic E-state index is 11.5. The van der Waals surface area contributed by atoms with E-state index in [1.807, 2.05) is 36.4 Å². The Hall–Kier alpha value is -3.49. The average Bonchev–Trinajstić information content (AvgIpc) is 2.83. The molecule has 0 unspecified atom stereocenters. The summed E-state index contributed by atoms with van der Waals surface area (Å²) in [6.45, 7) is 0.902. The molecule has 3 aromatic carbocycles. The summed E-state index contributed by atoms with van der Waals surface area (Å²) in [6, 6.07) is 13.9. The predicted octanol–water partition coefficient (Wildman–Crippen LogP) is 5.13. The maximum atomic E-state index is 11.5. The summed E-state index contributed by atoms with van der Waals surface area (Å²) in [4.78, 5) is 13.1. The lowest BCUT2D eigenvalue weighted by Gasteiger charge is -2.38. The van der Waals surface area contributed by atoms with E-state index in [0.29, 0.717) is 28.6 Å². The van der Waals surface area contributed by atoms with Gasteiger partial charge >= 0.3 is 0 Å². The second-order valence-electron chi connectivity index (χ2n) is 8.00. The molecule has 34 heavy (non-hydrogen) atoms. The van der Waals surface area contributed by atoms with E-state index in [-0.39, 0.29) is 29.8 Å². The van der Waals surface area contributed by atoms with Crippen molar-refractivity contribution in [3.8, 4) is 23.0 Å². The molecular weight excluding hydrogens is 460 g/mol. The lowest BCUT2D eigenvalue weighted by Crippen LogP contribution is -2.35. The number of phenols is 1. The molecule has 4 rings (SSSR count). The van der Waals surface area contributed by atoms with Gasteiger partial charge in [0.2, 0.25) is 0 Å². The van der Waals surface area contributed by atoms with Crippen LogP contribution in [0.4, 0.5) is 5.69 Å². The monoisotopic (exact) mass is 484 g/mol. The third-order valence-electron chi connectivity index (χ3n) is 6.08. The molecule has 0 spiro atoms. The van der Waals surface area contributed by atoms with E-state index in [2.05, 4.69) is 4.90 Å². The number of ether oxygens (including phenoxy) is 3. The molecule has 0 bridgehead atoms. The van der Waals surface area contributed by atoms with Crippen LogP contribution in [-0.4, -0.2) is 42.8 Å². The van der Waals surface area contributed by atoms with Crippen LogP contribution in [0.25, 0.3) is 0 Å². The van der Waals surface area contributed by atoms with E-state index in [9.17, 15) is 15.2 Å². The second-order valence-corrected chi connectivity index (χ2v) is 8.43. The number of benzene rings is 3. The Labute approximate surface area is 202 Å². The van der Waals surface area contributed by atoms with E-state index in [1.54, 1.807) is 14.2 Å². The predicted molar refractivity (Wildman–Crippen MR) is 128 cm³/mol. The molecule has 1 heterocycles. The summed E-state index contributed by atoms with van der Waals surface area (Å²) in [5.74, 6) is 1.21. The number of hydrogen-bond donors (Lipinski definition) is 1. The number of fused-ring (bicyclic) bond motifs is 1. The van der Waals surface area contributed by atoms with Gasteiger partial charge in [-0.15, -0.1) is 0 Å². The molecule has 0 fully saturated rings. The van der Waals surface area contributed by atoms with E-state index < -0.39 is 4.92 Å². The highest BCUT2D eigenvalue weighted by atomic mass is 35.5. The molecule has 1 N–H and O–H groups in total. The van der Waals surface area contributed by atoms with Crippen molar-refractivity contribution in [3.63, 3.8) is 0 Å². The summed E-state index contributed by atoms with van der Waals surface area (Å²) in [5, 5.41) is 22.8. The molecule has 3 aromatic rings. The van der Waals surface area contributed by atoms with Crippen LogP contribution in [0, 0.1) is 10.1 Å². The van der Waals surface area contributed by atoms with Crippen molar-refractivity contribution in [1.29, 1.82) is 0 Å². The molecule has 9 heteroatoms. The van der Waals surface area contributed by atoms with Crippen molar-refractivity contribution in [1.82, 2.24) is 4.90 Å². The number of methoxy groups -OCH3 is 3. The van der Waals surface area contributed by atoms with Crippen molar-refractivity contribution < 1.29 is 24.2 Å². The molecule has 0 saturated heterocycles. The Morgan fingerprint density at radius 3 is 2.41 bits per heavy atom. The van der Waals surface area contributed by atoms with Crippen LogP contribution < -0.4 is 14.2 Å². The average molecular weight is 485 g/mol. The first-order valence-electron chi connectivity index (χ1n) is 10.6. The van der Waals surface area contributed by atoms with Gasteiger partial charge in [-0.1, -0.05) is 23.7 Å². The van der Waals surface area contributed by atoms with Crippen LogP contribution >= 0.6 is 11.6 Å². The third kappa shape index (κ3) is 4.47. The zero-order chi connectivity index (χ0) is 24.4. The van der Waals surface area contributed by atoms with Crippen molar-refractivity contribution >= 4 is 17.3 Å². The van der Waals surface area contributed by atoms with Crippen molar-refractivity contribution in [2.75, 3.05) is 27.9 Å². The molecule has 1 atom stereocenters. The number of non-ortho nitro benzene ring substituents is 1. The fourth-order valence-electron chi connectivity index (χ4n) is 4.48. The van der Waals surface area contributed by atoms with E-state index >= 15 is 0 Å². The minimum atomic E-state index is -0.497. The minimum Gasteiger partial charge on any atom is -0.504 e. The Bertz CT molecular complexity index is 1230. The fourth-order valence-corrected chi connectivity index (χ4v) is 4.68. The third-order valence-corrected chi connectivity index (χ3v) is 6.32. The summed E-state index contributed by atoms with van der Waals surface area (Å²) >= 11 is 6.33. The van der Waals surface area contributed by atoms with Gasteiger partial charge in [0.15, 0.2) is 23.0 Å². The normalized spacial score (nSPS) is 15.5. The number of hydrogen-bond acceptors (Lipinski definition) is 7. The van der Waals surface area contributed by atoms with Gasteiger partial charge in [0.25, 0.3) is 5.69 Å². The van der Waals surface area contributed by atoms with Gasteiger partial charge in [-0.3, -0.25) is 15.0 Å². The standard InChI is InChI=1S/C25H25ClN2O6/c1-32-21-11-15-7-8-27(14-17-10-19(28(30)31)12-23(34-3)25(17)29)24(20(15)13-22(21)33-2)16-5-4-6-18(26)9-16/h4-6,9-13,24,29H,7-8,14H2,1-3H3/t24-/m1/s1. The maximum Gasteiger partial charge on any atom is 0.273 e. The molecular formula is C25H25ClN2O6. The highest BCUT2D eigenvalue weighted by molar-refractivity contribution is 6.30. The zero-order valence-electron chi connectivity index (χ0n) is 19.1. The Balaban J connectivity index is 1.83. The van der Waals surface area contributed by atoms with E-state index in [0.717, 1.165) is 23.1 Å². The summed E-state index contributed by atoms with van der Waals surface area (Å²) < 4.78 is 16.2. The molecule has 1 aliphatic heterocycles. The lowest BCUT2D eigenvalue weighted by atomic mass is 9.87. The Morgan fingerprint density at radius 2 is 1.76 bits per heavy atom. The van der Waals surface area contributed by atoms with Gasteiger partial charge in [-0.2, -0.15) is 0 Å². The molecule has 178 valence electrons. The van der Waals surface area contributed by atoms with Crippen LogP contribution in [-0.2, 0) is 13.0 Å². The van der Waals surface area contributed by atoms with E-state index in [1.165, 1.54) is 19.2 Å². The minimum absolute atomic E-state index is 0.0623. The van der Waals surface area contributed by atoms with Crippen molar-refractivity contribution in [2.24, 2.45) is 0 Å². The lowest BCUT2D eigenvalue weighted by molar-refractivity contribution is -0.385. The smallest absolute Gasteiger partial charge is 0.273 e. The molecule has 8 nitrogen and oxygen atoms in total.